The lowest BCUT2D eigenvalue weighted by atomic mass is 10.0. The fourth-order valence-corrected chi connectivity index (χ4v) is 8.45. The maximum absolute atomic E-state index is 12.9. The normalized spacial score (nSPS) is 12.7. The van der Waals surface area contributed by atoms with Crippen molar-refractivity contribution in [1.29, 1.82) is 0 Å². The Kier molecular flexibility index (Phi) is 56.3. The van der Waals surface area contributed by atoms with Gasteiger partial charge in [0, 0.05) is 19.3 Å². The lowest BCUT2D eigenvalue weighted by Crippen LogP contribution is -2.30. The summed E-state index contributed by atoms with van der Waals surface area (Å²) >= 11 is 0. The molecule has 0 aromatic carbocycles. The molecule has 0 bridgehead atoms. The molecule has 0 rings (SSSR count). The van der Waals surface area contributed by atoms with Crippen LogP contribution in [0.25, 0.3) is 0 Å². The SMILES string of the molecule is CC/C=C\C/C=C\C/C=C\C/C=C\CCCCCCCCCCCCC(=O)OCC(COC(=O)CCCCCCCCCCCCCCCCC)OC(=O)CCCCCCC/C=C\C/C=C\C/C=C\CC. The zero-order valence-corrected chi connectivity index (χ0v) is 46.7. The van der Waals surface area contributed by atoms with Crippen molar-refractivity contribution >= 4 is 17.9 Å². The van der Waals surface area contributed by atoms with Crippen molar-refractivity contribution in [3.63, 3.8) is 0 Å². The highest BCUT2D eigenvalue weighted by atomic mass is 16.6. The molecule has 0 amide bonds. The van der Waals surface area contributed by atoms with Crippen molar-refractivity contribution < 1.29 is 28.6 Å². The molecule has 0 aliphatic rings. The van der Waals surface area contributed by atoms with Gasteiger partial charge in [-0.05, 0) is 89.9 Å². The average molecular weight is 990 g/mol. The van der Waals surface area contributed by atoms with Crippen LogP contribution in [0.15, 0.2) is 85.1 Å². The zero-order chi connectivity index (χ0) is 51.4. The molecule has 0 heterocycles. The predicted octanol–water partition coefficient (Wildman–Crippen LogP) is 20.3. The minimum atomic E-state index is -0.786. The smallest absolute Gasteiger partial charge is 0.306 e. The first-order chi connectivity index (χ1) is 35.0. The van der Waals surface area contributed by atoms with Gasteiger partial charge in [0.25, 0.3) is 0 Å². The van der Waals surface area contributed by atoms with Crippen molar-refractivity contribution in [1.82, 2.24) is 0 Å². The van der Waals surface area contributed by atoms with E-state index >= 15 is 0 Å². The number of carbonyl (C=O) groups excluding carboxylic acids is 3. The molecular weight excluding hydrogens is 877 g/mol. The van der Waals surface area contributed by atoms with Gasteiger partial charge in [-0.3, -0.25) is 14.4 Å². The Labute approximate surface area is 439 Å². The number of esters is 3. The molecule has 0 saturated heterocycles. The van der Waals surface area contributed by atoms with Crippen molar-refractivity contribution in [3.8, 4) is 0 Å². The highest BCUT2D eigenvalue weighted by Gasteiger charge is 2.19. The summed E-state index contributed by atoms with van der Waals surface area (Å²) in [6, 6.07) is 0. The second kappa shape index (κ2) is 59.2. The van der Waals surface area contributed by atoms with Crippen LogP contribution in [-0.4, -0.2) is 37.2 Å². The Balaban J connectivity index is 4.35. The Morgan fingerprint density at radius 3 is 0.859 bits per heavy atom. The van der Waals surface area contributed by atoms with Crippen LogP contribution in [-0.2, 0) is 28.6 Å². The van der Waals surface area contributed by atoms with Gasteiger partial charge in [0.15, 0.2) is 6.10 Å². The van der Waals surface area contributed by atoms with Crippen LogP contribution in [0.2, 0.25) is 0 Å². The van der Waals surface area contributed by atoms with E-state index in [1.807, 2.05) is 0 Å². The second-order valence-corrected chi connectivity index (χ2v) is 19.9. The monoisotopic (exact) mass is 989 g/mol. The molecule has 408 valence electrons. The van der Waals surface area contributed by atoms with Gasteiger partial charge < -0.3 is 14.2 Å². The lowest BCUT2D eigenvalue weighted by Gasteiger charge is -2.18. The van der Waals surface area contributed by atoms with Crippen LogP contribution in [0.5, 0.6) is 0 Å². The van der Waals surface area contributed by atoms with Gasteiger partial charge in [-0.2, -0.15) is 0 Å². The Morgan fingerprint density at radius 2 is 0.549 bits per heavy atom. The quantitative estimate of drug-likeness (QED) is 0.0261. The summed E-state index contributed by atoms with van der Waals surface area (Å²) in [7, 11) is 0. The van der Waals surface area contributed by atoms with Gasteiger partial charge in [0.05, 0.1) is 0 Å². The number of allylic oxidation sites excluding steroid dienone is 14. The molecule has 6 nitrogen and oxygen atoms in total. The number of rotatable bonds is 54. The molecule has 1 unspecified atom stereocenters. The molecule has 0 aromatic heterocycles. The van der Waals surface area contributed by atoms with E-state index in [0.29, 0.717) is 19.3 Å². The van der Waals surface area contributed by atoms with Gasteiger partial charge >= 0.3 is 17.9 Å². The van der Waals surface area contributed by atoms with Crippen molar-refractivity contribution in [2.45, 2.75) is 297 Å². The Hall–Kier alpha value is -3.41. The summed E-state index contributed by atoms with van der Waals surface area (Å²) in [6.07, 6.45) is 77.2. The molecule has 6 heteroatoms. The van der Waals surface area contributed by atoms with E-state index in [-0.39, 0.29) is 31.1 Å². The molecule has 1 atom stereocenters. The molecule has 0 spiro atoms. The third-order valence-corrected chi connectivity index (χ3v) is 12.9. The zero-order valence-electron chi connectivity index (χ0n) is 46.7. The summed E-state index contributed by atoms with van der Waals surface area (Å²) < 4.78 is 16.9. The first-order valence-electron chi connectivity index (χ1n) is 30.1. The van der Waals surface area contributed by atoms with E-state index in [1.54, 1.807) is 0 Å². The predicted molar refractivity (Wildman–Crippen MR) is 307 cm³/mol. The number of hydrogen-bond donors (Lipinski definition) is 0. The maximum Gasteiger partial charge on any atom is 0.306 e. The molecule has 0 aromatic rings. The van der Waals surface area contributed by atoms with Crippen molar-refractivity contribution in [3.05, 3.63) is 85.1 Å². The molecule has 0 N–H and O–H groups in total. The summed E-state index contributed by atoms with van der Waals surface area (Å²) in [4.78, 5) is 38.2. The van der Waals surface area contributed by atoms with Crippen LogP contribution in [0.3, 0.4) is 0 Å². The number of carbonyl (C=O) groups is 3. The third kappa shape index (κ3) is 57.4. The fourth-order valence-electron chi connectivity index (χ4n) is 8.45. The summed E-state index contributed by atoms with van der Waals surface area (Å²) in [5, 5.41) is 0. The minimum absolute atomic E-state index is 0.0822. The van der Waals surface area contributed by atoms with Gasteiger partial charge in [0.2, 0.25) is 0 Å². The standard InChI is InChI=1S/C65H112O6/c1-4-7-10-13-16-19-22-25-28-29-30-31-32-33-34-35-38-40-43-46-49-52-55-58-64(67)70-61-62(71-65(68)59-56-53-50-47-44-41-37-27-24-21-18-15-12-9-6-3)60-69-63(66)57-54-51-48-45-42-39-36-26-23-20-17-14-11-8-5-2/h7,9-10,12,16,18-19,21,25,27-28,30-31,37,62H,4-6,8,11,13-15,17,20,22-24,26,29,32-36,38-61H2,1-3H3/b10-7-,12-9-,19-16-,21-18-,28-25-,31-30-,37-27-. The molecule has 0 saturated carbocycles. The lowest BCUT2D eigenvalue weighted by molar-refractivity contribution is -0.167. The summed E-state index contributed by atoms with van der Waals surface area (Å²) in [5.41, 5.74) is 0. The molecule has 71 heavy (non-hydrogen) atoms. The van der Waals surface area contributed by atoms with Gasteiger partial charge in [-0.1, -0.05) is 266 Å². The summed E-state index contributed by atoms with van der Waals surface area (Å²) in [6.45, 7) is 6.43. The van der Waals surface area contributed by atoms with E-state index in [2.05, 4.69) is 106 Å². The molecule has 0 radical (unpaired) electrons. The van der Waals surface area contributed by atoms with E-state index in [0.717, 1.165) is 122 Å². The Bertz CT molecular complexity index is 1370. The Morgan fingerprint density at radius 1 is 0.296 bits per heavy atom. The van der Waals surface area contributed by atoms with Gasteiger partial charge in [-0.25, -0.2) is 0 Å². The van der Waals surface area contributed by atoms with E-state index in [9.17, 15) is 14.4 Å². The van der Waals surface area contributed by atoms with Crippen LogP contribution >= 0.6 is 0 Å². The molecule has 0 aliphatic carbocycles. The topological polar surface area (TPSA) is 78.9 Å². The van der Waals surface area contributed by atoms with Crippen molar-refractivity contribution in [2.24, 2.45) is 0 Å². The second-order valence-electron chi connectivity index (χ2n) is 19.9. The molecule has 0 fully saturated rings. The third-order valence-electron chi connectivity index (χ3n) is 12.9. The van der Waals surface area contributed by atoms with Crippen LogP contribution in [0.1, 0.15) is 290 Å². The van der Waals surface area contributed by atoms with Crippen molar-refractivity contribution in [2.75, 3.05) is 13.2 Å². The van der Waals surface area contributed by atoms with Crippen LogP contribution in [0.4, 0.5) is 0 Å². The van der Waals surface area contributed by atoms with Crippen LogP contribution < -0.4 is 0 Å². The summed E-state index contributed by atoms with van der Waals surface area (Å²) in [5.74, 6) is -0.893. The van der Waals surface area contributed by atoms with E-state index in [4.69, 9.17) is 14.2 Å². The largest absolute Gasteiger partial charge is 0.462 e. The number of ether oxygens (including phenoxy) is 3. The fraction of sp³-hybridized carbons (Fsp3) is 0.738. The highest BCUT2D eigenvalue weighted by molar-refractivity contribution is 5.71. The molecule has 0 aliphatic heterocycles. The van der Waals surface area contributed by atoms with E-state index in [1.165, 1.54) is 128 Å². The molecular formula is C65H112O6. The first kappa shape index (κ1) is 67.6. The first-order valence-corrected chi connectivity index (χ1v) is 30.1. The van der Waals surface area contributed by atoms with E-state index < -0.39 is 6.10 Å². The maximum atomic E-state index is 12.9. The number of hydrogen-bond acceptors (Lipinski definition) is 6. The number of unbranched alkanes of at least 4 members (excludes halogenated alkanes) is 29. The highest BCUT2D eigenvalue weighted by Crippen LogP contribution is 2.16. The minimum Gasteiger partial charge on any atom is -0.462 e. The van der Waals surface area contributed by atoms with Gasteiger partial charge in [-0.15, -0.1) is 0 Å². The van der Waals surface area contributed by atoms with Crippen LogP contribution in [0, 0.1) is 0 Å². The van der Waals surface area contributed by atoms with Gasteiger partial charge in [0.1, 0.15) is 13.2 Å². The average Bonchev–Trinajstić information content (AvgIpc) is 3.37.